The monoisotopic (exact) mass is 229 g/mol. The molecule has 3 nitrogen and oxygen atoms in total. The van der Waals surface area contributed by atoms with Crippen LogP contribution in [0.2, 0.25) is 10.0 Å². The molecule has 0 saturated heterocycles. The molecular formula is C9H9Cl2N3. The number of rotatable bonds is 3. The first-order chi connectivity index (χ1) is 6.61. The van der Waals surface area contributed by atoms with Crippen molar-refractivity contribution in [2.45, 2.75) is 0 Å². The van der Waals surface area contributed by atoms with Crippen molar-refractivity contribution in [1.29, 1.82) is 5.41 Å². The highest BCUT2D eigenvalue weighted by Gasteiger charge is 2.01. The van der Waals surface area contributed by atoms with Gasteiger partial charge in [0.05, 0.1) is 16.6 Å². The van der Waals surface area contributed by atoms with Gasteiger partial charge in [0, 0.05) is 11.8 Å². The highest BCUT2D eigenvalue weighted by atomic mass is 35.5. The van der Waals surface area contributed by atoms with Gasteiger partial charge in [0.15, 0.2) is 0 Å². The summed E-state index contributed by atoms with van der Waals surface area (Å²) in [6.07, 6.45) is 1.52. The Balaban J connectivity index is 2.85. The minimum atomic E-state index is 0.00410. The van der Waals surface area contributed by atoms with Crippen LogP contribution < -0.4 is 5.73 Å². The van der Waals surface area contributed by atoms with Gasteiger partial charge in [-0.2, -0.15) is 0 Å². The van der Waals surface area contributed by atoms with E-state index in [1.807, 2.05) is 0 Å². The molecule has 0 atom stereocenters. The summed E-state index contributed by atoms with van der Waals surface area (Å²) in [7, 11) is 0. The minimum absolute atomic E-state index is 0.00410. The van der Waals surface area contributed by atoms with E-state index in [0.717, 1.165) is 0 Å². The summed E-state index contributed by atoms with van der Waals surface area (Å²) in [4.78, 5) is 3.92. The van der Waals surface area contributed by atoms with Crippen LogP contribution in [0, 0.1) is 5.41 Å². The van der Waals surface area contributed by atoms with Crippen LogP contribution >= 0.6 is 23.2 Å². The zero-order chi connectivity index (χ0) is 10.6. The van der Waals surface area contributed by atoms with Crippen molar-refractivity contribution in [3.8, 4) is 0 Å². The molecule has 5 heteroatoms. The Morgan fingerprint density at radius 2 is 2.00 bits per heavy atom. The molecule has 0 aliphatic heterocycles. The van der Waals surface area contributed by atoms with E-state index in [4.69, 9.17) is 34.3 Å². The average Bonchev–Trinajstić information content (AvgIpc) is 2.09. The Morgan fingerprint density at radius 1 is 1.43 bits per heavy atom. The fraction of sp³-hybridized carbons (Fsp3) is 0.111. The number of benzene rings is 1. The zero-order valence-corrected chi connectivity index (χ0v) is 8.81. The molecule has 0 fully saturated rings. The Labute approximate surface area is 92.1 Å². The number of nitrogens with one attached hydrogen (secondary N) is 1. The lowest BCUT2D eigenvalue weighted by atomic mass is 10.2. The fourth-order valence-corrected chi connectivity index (χ4v) is 1.36. The molecule has 0 bridgehead atoms. The lowest BCUT2D eigenvalue weighted by molar-refractivity contribution is 1.24. The number of halogens is 2. The van der Waals surface area contributed by atoms with Crippen LogP contribution in [0.1, 0.15) is 5.56 Å². The minimum Gasteiger partial charge on any atom is -0.386 e. The van der Waals surface area contributed by atoms with Crippen LogP contribution in [0.3, 0.4) is 0 Å². The van der Waals surface area contributed by atoms with Crippen molar-refractivity contribution in [3.63, 3.8) is 0 Å². The van der Waals surface area contributed by atoms with Gasteiger partial charge in [-0.15, -0.1) is 0 Å². The standard InChI is InChI=1S/C9H9Cl2N3/c10-7-2-1-3-8(11)6(7)4-14-5-9(12)13/h1-4H,5H2,(H3,12,13). The van der Waals surface area contributed by atoms with E-state index in [0.29, 0.717) is 15.6 Å². The van der Waals surface area contributed by atoms with E-state index in [-0.39, 0.29) is 12.4 Å². The molecule has 0 unspecified atom stereocenters. The van der Waals surface area contributed by atoms with Crippen molar-refractivity contribution in [2.75, 3.05) is 6.54 Å². The van der Waals surface area contributed by atoms with Crippen molar-refractivity contribution in [1.82, 2.24) is 0 Å². The lowest BCUT2D eigenvalue weighted by Gasteiger charge is -1.99. The SMILES string of the molecule is N=C(N)CN=Cc1c(Cl)cccc1Cl. The number of nitrogens with zero attached hydrogens (tertiary/aromatic N) is 1. The van der Waals surface area contributed by atoms with Crippen molar-refractivity contribution < 1.29 is 0 Å². The third kappa shape index (κ3) is 3.01. The first kappa shape index (κ1) is 11.0. The first-order valence-corrected chi connectivity index (χ1v) is 4.63. The summed E-state index contributed by atoms with van der Waals surface area (Å²) >= 11 is 11.8. The lowest BCUT2D eigenvalue weighted by Crippen LogP contribution is -2.13. The van der Waals surface area contributed by atoms with Gasteiger partial charge < -0.3 is 5.73 Å². The molecule has 0 aliphatic carbocycles. The quantitative estimate of drug-likeness (QED) is 0.607. The first-order valence-electron chi connectivity index (χ1n) is 3.88. The predicted molar refractivity (Wildman–Crippen MR) is 60.8 cm³/mol. The summed E-state index contributed by atoms with van der Waals surface area (Å²) in [5.41, 5.74) is 5.79. The molecule has 0 aliphatic rings. The highest BCUT2D eigenvalue weighted by molar-refractivity contribution is 6.38. The third-order valence-corrected chi connectivity index (χ3v) is 2.14. The largest absolute Gasteiger partial charge is 0.386 e. The van der Waals surface area contributed by atoms with Gasteiger partial charge in [-0.05, 0) is 12.1 Å². The van der Waals surface area contributed by atoms with E-state index < -0.39 is 0 Å². The Kier molecular flexibility index (Phi) is 3.92. The van der Waals surface area contributed by atoms with Crippen molar-refractivity contribution >= 4 is 35.3 Å². The molecule has 0 saturated carbocycles. The van der Waals surface area contributed by atoms with Gasteiger partial charge in [-0.25, -0.2) is 0 Å². The number of hydrogen-bond acceptors (Lipinski definition) is 2. The van der Waals surface area contributed by atoms with Crippen LogP contribution in [0.25, 0.3) is 0 Å². The van der Waals surface area contributed by atoms with Crippen LogP contribution in [0.5, 0.6) is 0 Å². The van der Waals surface area contributed by atoms with E-state index in [9.17, 15) is 0 Å². The Morgan fingerprint density at radius 3 is 2.50 bits per heavy atom. The molecule has 1 rings (SSSR count). The fourth-order valence-electron chi connectivity index (χ4n) is 0.869. The second kappa shape index (κ2) is 4.98. The average molecular weight is 230 g/mol. The van der Waals surface area contributed by atoms with Crippen LogP contribution in [-0.2, 0) is 0 Å². The molecule has 1 aromatic rings. The molecule has 1 aromatic carbocycles. The van der Waals surface area contributed by atoms with E-state index in [1.54, 1.807) is 18.2 Å². The van der Waals surface area contributed by atoms with Crippen molar-refractivity contribution in [3.05, 3.63) is 33.8 Å². The van der Waals surface area contributed by atoms with Gasteiger partial charge in [0.1, 0.15) is 5.84 Å². The molecule has 0 aromatic heterocycles. The number of nitrogens with two attached hydrogens (primary N) is 1. The number of amidine groups is 1. The number of aliphatic imine (C=N–C) groups is 1. The molecule has 74 valence electrons. The Bertz CT molecular complexity index is 354. The van der Waals surface area contributed by atoms with Gasteiger partial charge in [0.25, 0.3) is 0 Å². The third-order valence-electron chi connectivity index (χ3n) is 1.48. The van der Waals surface area contributed by atoms with Gasteiger partial charge in [-0.1, -0.05) is 29.3 Å². The summed E-state index contributed by atoms with van der Waals surface area (Å²) in [6, 6.07) is 5.21. The van der Waals surface area contributed by atoms with E-state index >= 15 is 0 Å². The second-order valence-electron chi connectivity index (χ2n) is 2.63. The second-order valence-corrected chi connectivity index (χ2v) is 3.44. The summed E-state index contributed by atoms with van der Waals surface area (Å²) < 4.78 is 0. The number of hydrogen-bond donors (Lipinski definition) is 2. The van der Waals surface area contributed by atoms with E-state index in [1.165, 1.54) is 6.21 Å². The normalized spacial score (nSPS) is 10.7. The zero-order valence-electron chi connectivity index (χ0n) is 7.30. The molecule has 0 spiro atoms. The molecule has 0 heterocycles. The molecule has 14 heavy (non-hydrogen) atoms. The molecule has 3 N–H and O–H groups in total. The smallest absolute Gasteiger partial charge is 0.113 e. The maximum Gasteiger partial charge on any atom is 0.113 e. The highest BCUT2D eigenvalue weighted by Crippen LogP contribution is 2.21. The van der Waals surface area contributed by atoms with Crippen LogP contribution in [0.4, 0.5) is 0 Å². The van der Waals surface area contributed by atoms with Gasteiger partial charge in [0.2, 0.25) is 0 Å². The maximum atomic E-state index is 6.97. The molecule has 0 amide bonds. The summed E-state index contributed by atoms with van der Waals surface area (Å²) in [5.74, 6) is 0.00410. The maximum absolute atomic E-state index is 6.97. The topological polar surface area (TPSA) is 62.2 Å². The summed E-state index contributed by atoms with van der Waals surface area (Å²) in [6.45, 7) is 0.154. The molecule has 0 radical (unpaired) electrons. The van der Waals surface area contributed by atoms with Gasteiger partial charge in [-0.3, -0.25) is 10.4 Å². The van der Waals surface area contributed by atoms with Crippen LogP contribution in [-0.4, -0.2) is 18.6 Å². The van der Waals surface area contributed by atoms with E-state index in [2.05, 4.69) is 4.99 Å². The van der Waals surface area contributed by atoms with Crippen LogP contribution in [0.15, 0.2) is 23.2 Å². The summed E-state index contributed by atoms with van der Waals surface area (Å²) in [5, 5.41) is 8.03. The van der Waals surface area contributed by atoms with Gasteiger partial charge >= 0.3 is 0 Å². The Hall–Kier alpha value is -1.06. The molecular weight excluding hydrogens is 221 g/mol. The predicted octanol–water partition coefficient (Wildman–Crippen LogP) is 2.35. The van der Waals surface area contributed by atoms with Crippen molar-refractivity contribution in [2.24, 2.45) is 10.7 Å².